The van der Waals surface area contributed by atoms with Crippen LogP contribution < -0.4 is 11.1 Å². The minimum Gasteiger partial charge on any atom is -0.389 e. The van der Waals surface area contributed by atoms with Crippen molar-refractivity contribution in [3.05, 3.63) is 29.8 Å². The van der Waals surface area contributed by atoms with Gasteiger partial charge in [-0.1, -0.05) is 26.1 Å². The molecule has 0 saturated carbocycles. The number of anilines is 1. The van der Waals surface area contributed by atoms with Gasteiger partial charge in [-0.25, -0.2) is 0 Å². The molecule has 100 valence electrons. The molecule has 1 aromatic rings. The lowest BCUT2D eigenvalue weighted by Crippen LogP contribution is -2.12. The molecule has 1 rings (SSSR count). The maximum Gasteiger partial charge on any atom is 0.103 e. The summed E-state index contributed by atoms with van der Waals surface area (Å²) >= 11 is 4.90. The summed E-state index contributed by atoms with van der Waals surface area (Å²) in [5.41, 5.74) is 7.48. The fraction of sp³-hybridized carbons (Fsp3) is 0.500. The van der Waals surface area contributed by atoms with Gasteiger partial charge in [-0.3, -0.25) is 0 Å². The summed E-state index contributed by atoms with van der Waals surface area (Å²) in [4.78, 5) is 0.429. The second kappa shape index (κ2) is 8.06. The Bertz CT molecular complexity index is 363. The fourth-order valence-corrected chi connectivity index (χ4v) is 1.58. The molecule has 18 heavy (non-hydrogen) atoms. The first kappa shape index (κ1) is 14.9. The lowest BCUT2D eigenvalue weighted by molar-refractivity contribution is 0.132. The van der Waals surface area contributed by atoms with E-state index in [1.54, 1.807) is 0 Å². The first-order valence-electron chi connectivity index (χ1n) is 6.31. The van der Waals surface area contributed by atoms with Crippen LogP contribution in [0.2, 0.25) is 0 Å². The van der Waals surface area contributed by atoms with Crippen LogP contribution in [0.3, 0.4) is 0 Å². The number of hydrogen-bond donors (Lipinski definition) is 2. The van der Waals surface area contributed by atoms with Crippen molar-refractivity contribution in [1.29, 1.82) is 0 Å². The van der Waals surface area contributed by atoms with E-state index in [0.29, 0.717) is 10.9 Å². The van der Waals surface area contributed by atoms with Crippen molar-refractivity contribution in [2.75, 3.05) is 25.1 Å². The summed E-state index contributed by atoms with van der Waals surface area (Å²) in [7, 11) is 0. The summed E-state index contributed by atoms with van der Waals surface area (Å²) in [5.74, 6) is 0.700. The van der Waals surface area contributed by atoms with Gasteiger partial charge in [0.1, 0.15) is 4.99 Å². The van der Waals surface area contributed by atoms with E-state index in [0.717, 1.165) is 37.4 Å². The third-order valence-electron chi connectivity index (χ3n) is 2.58. The highest BCUT2D eigenvalue weighted by atomic mass is 32.1. The van der Waals surface area contributed by atoms with Gasteiger partial charge >= 0.3 is 0 Å². The van der Waals surface area contributed by atoms with Gasteiger partial charge in [0, 0.05) is 24.4 Å². The molecule has 4 heteroatoms. The number of rotatable bonds is 8. The van der Waals surface area contributed by atoms with Crippen molar-refractivity contribution in [3.63, 3.8) is 0 Å². The van der Waals surface area contributed by atoms with Gasteiger partial charge in [0.15, 0.2) is 0 Å². The monoisotopic (exact) mass is 266 g/mol. The van der Waals surface area contributed by atoms with Gasteiger partial charge in [-0.2, -0.15) is 0 Å². The molecule has 0 bridgehead atoms. The average molecular weight is 266 g/mol. The Labute approximate surface area is 115 Å². The van der Waals surface area contributed by atoms with E-state index < -0.39 is 0 Å². The molecule has 0 spiro atoms. The van der Waals surface area contributed by atoms with Crippen LogP contribution in [0.25, 0.3) is 0 Å². The highest BCUT2D eigenvalue weighted by Crippen LogP contribution is 2.09. The Balaban J connectivity index is 2.17. The van der Waals surface area contributed by atoms with Crippen LogP contribution in [0.4, 0.5) is 5.69 Å². The van der Waals surface area contributed by atoms with Gasteiger partial charge in [-0.15, -0.1) is 0 Å². The third-order valence-corrected chi connectivity index (χ3v) is 2.82. The minimum atomic E-state index is 0.429. The number of nitrogens with one attached hydrogen (secondary N) is 1. The van der Waals surface area contributed by atoms with E-state index in [1.807, 2.05) is 24.3 Å². The molecule has 0 atom stereocenters. The van der Waals surface area contributed by atoms with Crippen LogP contribution >= 0.6 is 12.2 Å². The normalized spacial score (nSPS) is 10.6. The summed E-state index contributed by atoms with van der Waals surface area (Å²) in [5, 5.41) is 3.29. The highest BCUT2D eigenvalue weighted by molar-refractivity contribution is 7.80. The van der Waals surface area contributed by atoms with Crippen molar-refractivity contribution in [3.8, 4) is 0 Å². The molecule has 0 aliphatic heterocycles. The molecule has 0 fully saturated rings. The van der Waals surface area contributed by atoms with Crippen LogP contribution in [0, 0.1) is 5.92 Å². The number of ether oxygens (including phenoxy) is 1. The lowest BCUT2D eigenvalue weighted by Gasteiger charge is -2.09. The van der Waals surface area contributed by atoms with Crippen LogP contribution in [0.15, 0.2) is 24.3 Å². The van der Waals surface area contributed by atoms with Gasteiger partial charge in [0.2, 0.25) is 0 Å². The van der Waals surface area contributed by atoms with E-state index in [2.05, 4.69) is 19.2 Å². The molecule has 3 N–H and O–H groups in total. The van der Waals surface area contributed by atoms with E-state index in [4.69, 9.17) is 22.7 Å². The Morgan fingerprint density at radius 3 is 2.50 bits per heavy atom. The predicted octanol–water partition coefficient (Wildman–Crippen LogP) is 2.80. The van der Waals surface area contributed by atoms with Gasteiger partial charge in [0.25, 0.3) is 0 Å². The topological polar surface area (TPSA) is 47.3 Å². The fourth-order valence-electron chi connectivity index (χ4n) is 1.44. The van der Waals surface area contributed by atoms with Gasteiger partial charge < -0.3 is 15.8 Å². The van der Waals surface area contributed by atoms with E-state index in [-0.39, 0.29) is 0 Å². The zero-order valence-corrected chi connectivity index (χ0v) is 11.9. The number of hydrogen-bond acceptors (Lipinski definition) is 3. The van der Waals surface area contributed by atoms with Crippen LogP contribution in [0.5, 0.6) is 0 Å². The molecule has 0 unspecified atom stereocenters. The van der Waals surface area contributed by atoms with Gasteiger partial charge in [0.05, 0.1) is 6.61 Å². The maximum atomic E-state index is 5.53. The number of thiocarbonyl (C=S) groups is 1. The summed E-state index contributed by atoms with van der Waals surface area (Å²) in [6, 6.07) is 7.79. The first-order chi connectivity index (χ1) is 8.59. The number of benzene rings is 1. The van der Waals surface area contributed by atoms with Gasteiger partial charge in [-0.05, 0) is 36.6 Å². The Hall–Kier alpha value is -1.13. The zero-order chi connectivity index (χ0) is 13.4. The average Bonchev–Trinajstić information content (AvgIpc) is 2.34. The van der Waals surface area contributed by atoms with Crippen molar-refractivity contribution >= 4 is 22.9 Å². The molecule has 1 aromatic carbocycles. The van der Waals surface area contributed by atoms with Crippen molar-refractivity contribution in [2.45, 2.75) is 20.3 Å². The smallest absolute Gasteiger partial charge is 0.103 e. The molecule has 3 nitrogen and oxygen atoms in total. The van der Waals surface area contributed by atoms with E-state index >= 15 is 0 Å². The molecule has 0 saturated heterocycles. The largest absolute Gasteiger partial charge is 0.389 e. The Morgan fingerprint density at radius 2 is 1.94 bits per heavy atom. The lowest BCUT2D eigenvalue weighted by atomic mass is 10.1. The predicted molar refractivity (Wildman–Crippen MR) is 81.1 cm³/mol. The number of nitrogens with two attached hydrogens (primary N) is 1. The van der Waals surface area contributed by atoms with E-state index in [9.17, 15) is 0 Å². The maximum absolute atomic E-state index is 5.53. The van der Waals surface area contributed by atoms with Crippen molar-refractivity contribution in [1.82, 2.24) is 0 Å². The summed E-state index contributed by atoms with van der Waals surface area (Å²) < 4.78 is 5.52. The Kier molecular flexibility index (Phi) is 6.68. The highest BCUT2D eigenvalue weighted by Gasteiger charge is 1.97. The Morgan fingerprint density at radius 1 is 1.28 bits per heavy atom. The minimum absolute atomic E-state index is 0.429. The SMILES string of the molecule is CC(C)CCOCCNc1ccc(C(N)=S)cc1. The van der Waals surface area contributed by atoms with Crippen LogP contribution in [0.1, 0.15) is 25.8 Å². The second-order valence-electron chi connectivity index (χ2n) is 4.66. The molecule has 0 aromatic heterocycles. The van der Waals surface area contributed by atoms with Crippen molar-refractivity contribution < 1.29 is 4.74 Å². The van der Waals surface area contributed by atoms with E-state index in [1.165, 1.54) is 0 Å². The molecule has 0 aliphatic carbocycles. The molecule has 0 aliphatic rings. The standard InChI is InChI=1S/C14H22N2OS/c1-11(2)7-9-17-10-8-16-13-5-3-12(4-6-13)14(15)18/h3-6,11,16H,7-10H2,1-2H3,(H2,15,18). The summed E-state index contributed by atoms with van der Waals surface area (Å²) in [6.45, 7) is 6.77. The first-order valence-corrected chi connectivity index (χ1v) is 6.72. The molecular weight excluding hydrogens is 244 g/mol. The van der Waals surface area contributed by atoms with Crippen molar-refractivity contribution in [2.24, 2.45) is 11.7 Å². The molecular formula is C14H22N2OS. The third kappa shape index (κ3) is 5.98. The quantitative estimate of drug-likeness (QED) is 0.561. The zero-order valence-electron chi connectivity index (χ0n) is 11.1. The molecule has 0 heterocycles. The molecule has 0 amide bonds. The molecule has 0 radical (unpaired) electrons. The second-order valence-corrected chi connectivity index (χ2v) is 5.10. The van der Waals surface area contributed by atoms with Crippen LogP contribution in [-0.2, 0) is 4.74 Å². The van der Waals surface area contributed by atoms with Crippen LogP contribution in [-0.4, -0.2) is 24.7 Å². The summed E-state index contributed by atoms with van der Waals surface area (Å²) in [6.07, 6.45) is 1.11.